The number of aromatic nitrogens is 2. The smallest absolute Gasteiger partial charge is 0.312 e. The Kier molecular flexibility index (Phi) is 5.87. The van der Waals surface area contributed by atoms with Crippen LogP contribution < -0.4 is 4.74 Å². The summed E-state index contributed by atoms with van der Waals surface area (Å²) in [7, 11) is -3.86. The molecule has 3 rings (SSSR count). The molecule has 0 aliphatic carbocycles. The van der Waals surface area contributed by atoms with E-state index >= 15 is 0 Å². The van der Waals surface area contributed by atoms with E-state index in [0.717, 1.165) is 6.07 Å². The minimum atomic E-state index is -3.86. The van der Waals surface area contributed by atoms with Gasteiger partial charge in [0.2, 0.25) is 10.0 Å². The first-order valence-electron chi connectivity index (χ1n) is 8.91. The van der Waals surface area contributed by atoms with Gasteiger partial charge in [0, 0.05) is 24.6 Å². The molecular weight excluding hydrogens is 404 g/mol. The van der Waals surface area contributed by atoms with E-state index < -0.39 is 20.6 Å². The SMILES string of the molecule is CC(C)(C)c1noc(COc2ccc(S(=O)(=O)N3CCOCC3)cc2[N+](=O)[O-])n1. The van der Waals surface area contributed by atoms with Crippen molar-refractivity contribution in [3.63, 3.8) is 0 Å². The molecule has 2 aromatic rings. The van der Waals surface area contributed by atoms with Crippen LogP contribution in [0.15, 0.2) is 27.6 Å². The van der Waals surface area contributed by atoms with Crippen LogP contribution in [-0.2, 0) is 26.8 Å². The summed E-state index contributed by atoms with van der Waals surface area (Å²) in [6, 6.07) is 3.53. The molecule has 0 atom stereocenters. The summed E-state index contributed by atoms with van der Waals surface area (Å²) in [6.07, 6.45) is 0. The second-order valence-electron chi connectivity index (χ2n) is 7.45. The van der Waals surface area contributed by atoms with E-state index in [1.54, 1.807) is 0 Å². The van der Waals surface area contributed by atoms with E-state index in [-0.39, 0.29) is 54.9 Å². The number of benzene rings is 1. The summed E-state index contributed by atoms with van der Waals surface area (Å²) in [6.45, 7) is 6.53. The number of nitrogens with zero attached hydrogens (tertiary/aromatic N) is 4. The molecule has 1 fully saturated rings. The van der Waals surface area contributed by atoms with Gasteiger partial charge < -0.3 is 14.0 Å². The van der Waals surface area contributed by atoms with Gasteiger partial charge >= 0.3 is 5.69 Å². The molecule has 0 radical (unpaired) electrons. The van der Waals surface area contributed by atoms with Gasteiger partial charge in [-0.25, -0.2) is 8.42 Å². The summed E-state index contributed by atoms with van der Waals surface area (Å²) >= 11 is 0. The third-order valence-electron chi connectivity index (χ3n) is 4.22. The van der Waals surface area contributed by atoms with Crippen LogP contribution in [0.2, 0.25) is 0 Å². The highest BCUT2D eigenvalue weighted by molar-refractivity contribution is 7.89. The largest absolute Gasteiger partial charge is 0.477 e. The predicted molar refractivity (Wildman–Crippen MR) is 100 cm³/mol. The lowest BCUT2D eigenvalue weighted by Gasteiger charge is -2.26. The van der Waals surface area contributed by atoms with Crippen molar-refractivity contribution < 1.29 is 27.3 Å². The van der Waals surface area contributed by atoms with Crippen molar-refractivity contribution in [3.05, 3.63) is 40.0 Å². The first-order valence-corrected chi connectivity index (χ1v) is 10.4. The third kappa shape index (κ3) is 4.71. The van der Waals surface area contributed by atoms with Crippen LogP contribution in [0.5, 0.6) is 5.75 Å². The van der Waals surface area contributed by atoms with Crippen LogP contribution in [0.3, 0.4) is 0 Å². The Morgan fingerprint density at radius 3 is 2.55 bits per heavy atom. The van der Waals surface area contributed by atoms with Crippen LogP contribution in [0.4, 0.5) is 5.69 Å². The second-order valence-corrected chi connectivity index (χ2v) is 9.39. The fourth-order valence-electron chi connectivity index (χ4n) is 2.62. The summed E-state index contributed by atoms with van der Waals surface area (Å²) < 4.78 is 42.4. The van der Waals surface area contributed by atoms with Crippen molar-refractivity contribution >= 4 is 15.7 Å². The second kappa shape index (κ2) is 8.05. The van der Waals surface area contributed by atoms with E-state index in [1.165, 1.54) is 16.4 Å². The Hall–Kier alpha value is -2.57. The molecule has 1 saturated heterocycles. The molecule has 1 aromatic carbocycles. The van der Waals surface area contributed by atoms with Crippen molar-refractivity contribution in [2.45, 2.75) is 37.7 Å². The maximum absolute atomic E-state index is 12.7. The maximum atomic E-state index is 12.7. The molecule has 1 aliphatic heterocycles. The quantitative estimate of drug-likeness (QED) is 0.500. The Morgan fingerprint density at radius 2 is 1.97 bits per heavy atom. The van der Waals surface area contributed by atoms with Crippen LogP contribution in [0.25, 0.3) is 0 Å². The summed E-state index contributed by atoms with van der Waals surface area (Å²) in [5.41, 5.74) is -0.779. The van der Waals surface area contributed by atoms with Crippen LogP contribution in [-0.4, -0.2) is 54.1 Å². The van der Waals surface area contributed by atoms with Crippen LogP contribution in [0.1, 0.15) is 32.5 Å². The number of rotatable bonds is 6. The van der Waals surface area contributed by atoms with E-state index in [9.17, 15) is 18.5 Å². The van der Waals surface area contributed by atoms with Crippen LogP contribution in [0, 0.1) is 10.1 Å². The minimum absolute atomic E-state index is 0.0913. The molecule has 0 unspecified atom stereocenters. The Bertz CT molecular complexity index is 991. The fourth-order valence-corrected chi connectivity index (χ4v) is 4.04. The van der Waals surface area contributed by atoms with E-state index in [2.05, 4.69) is 10.1 Å². The Labute approximate surface area is 167 Å². The zero-order chi connectivity index (χ0) is 21.2. The molecule has 2 heterocycles. The van der Waals surface area contributed by atoms with Gasteiger partial charge in [-0.3, -0.25) is 10.1 Å². The lowest BCUT2D eigenvalue weighted by molar-refractivity contribution is -0.386. The molecule has 158 valence electrons. The Morgan fingerprint density at radius 1 is 1.28 bits per heavy atom. The molecule has 0 amide bonds. The van der Waals surface area contributed by atoms with Gasteiger partial charge in [-0.1, -0.05) is 25.9 Å². The number of nitro benzene ring substituents is 1. The van der Waals surface area contributed by atoms with Crippen molar-refractivity contribution in [2.75, 3.05) is 26.3 Å². The van der Waals surface area contributed by atoms with Gasteiger partial charge in [-0.2, -0.15) is 9.29 Å². The Balaban J connectivity index is 1.81. The van der Waals surface area contributed by atoms with E-state index in [4.69, 9.17) is 14.0 Å². The summed E-state index contributed by atoms with van der Waals surface area (Å²) in [5.74, 6) is 0.554. The van der Waals surface area contributed by atoms with Gasteiger partial charge in [0.15, 0.2) is 18.2 Å². The minimum Gasteiger partial charge on any atom is -0.477 e. The fraction of sp³-hybridized carbons (Fsp3) is 0.529. The monoisotopic (exact) mass is 426 g/mol. The highest BCUT2D eigenvalue weighted by atomic mass is 32.2. The lowest BCUT2D eigenvalue weighted by Crippen LogP contribution is -2.40. The average molecular weight is 426 g/mol. The van der Waals surface area contributed by atoms with Crippen molar-refractivity contribution in [1.29, 1.82) is 0 Å². The number of hydrogen-bond acceptors (Lipinski definition) is 9. The number of ether oxygens (including phenoxy) is 2. The molecule has 1 aromatic heterocycles. The zero-order valence-electron chi connectivity index (χ0n) is 16.3. The van der Waals surface area contributed by atoms with Crippen molar-refractivity contribution in [3.8, 4) is 5.75 Å². The third-order valence-corrected chi connectivity index (χ3v) is 6.12. The van der Waals surface area contributed by atoms with Crippen molar-refractivity contribution in [2.24, 2.45) is 0 Å². The maximum Gasteiger partial charge on any atom is 0.312 e. The number of sulfonamides is 1. The summed E-state index contributed by atoms with van der Waals surface area (Å²) in [5, 5.41) is 15.3. The molecule has 12 heteroatoms. The standard InChI is InChI=1S/C17H22N4O7S/c1-17(2,3)16-18-15(28-19-16)11-27-14-5-4-12(10-13(14)21(22)23)29(24,25)20-6-8-26-9-7-20/h4-5,10H,6-9,11H2,1-3H3. The molecule has 0 N–H and O–H groups in total. The van der Waals surface area contributed by atoms with Crippen LogP contribution >= 0.6 is 0 Å². The van der Waals surface area contributed by atoms with E-state index in [0.29, 0.717) is 5.82 Å². The molecule has 0 saturated carbocycles. The predicted octanol–water partition coefficient (Wildman–Crippen LogP) is 1.88. The summed E-state index contributed by atoms with van der Waals surface area (Å²) in [4.78, 5) is 14.8. The normalized spacial score (nSPS) is 16.0. The van der Waals surface area contributed by atoms with Gasteiger partial charge in [-0.15, -0.1) is 0 Å². The molecular formula is C17H22N4O7S. The first kappa shape index (κ1) is 21.1. The number of hydrogen-bond donors (Lipinski definition) is 0. The highest BCUT2D eigenvalue weighted by Gasteiger charge is 2.29. The number of morpholine rings is 1. The first-order chi connectivity index (χ1) is 13.6. The highest BCUT2D eigenvalue weighted by Crippen LogP contribution is 2.31. The zero-order valence-corrected chi connectivity index (χ0v) is 17.1. The average Bonchev–Trinajstić information content (AvgIpc) is 3.16. The van der Waals surface area contributed by atoms with Crippen molar-refractivity contribution in [1.82, 2.24) is 14.4 Å². The van der Waals surface area contributed by atoms with Gasteiger partial charge in [0.1, 0.15) is 0 Å². The van der Waals surface area contributed by atoms with E-state index in [1.807, 2.05) is 20.8 Å². The topological polar surface area (TPSA) is 138 Å². The lowest BCUT2D eigenvalue weighted by atomic mass is 9.96. The molecule has 0 spiro atoms. The molecule has 29 heavy (non-hydrogen) atoms. The van der Waals surface area contributed by atoms with Gasteiger partial charge in [-0.05, 0) is 12.1 Å². The number of nitro groups is 1. The molecule has 11 nitrogen and oxygen atoms in total. The molecule has 1 aliphatic rings. The van der Waals surface area contributed by atoms with Gasteiger partial charge in [0.05, 0.1) is 23.0 Å². The molecule has 0 bridgehead atoms. The van der Waals surface area contributed by atoms with Gasteiger partial charge in [0.25, 0.3) is 5.89 Å².